The minimum atomic E-state index is -0.000467. The number of hydrogen-bond acceptors (Lipinski definition) is 3. The van der Waals surface area contributed by atoms with Gasteiger partial charge in [-0.25, -0.2) is 0 Å². The molecule has 1 fully saturated rings. The van der Waals surface area contributed by atoms with Crippen molar-refractivity contribution in [1.29, 1.82) is 0 Å². The molecule has 0 atom stereocenters. The van der Waals surface area contributed by atoms with Gasteiger partial charge in [-0.1, -0.05) is 25.7 Å². The van der Waals surface area contributed by atoms with E-state index in [0.29, 0.717) is 12.1 Å². The third-order valence-electron chi connectivity index (χ3n) is 4.23. The van der Waals surface area contributed by atoms with Crippen LogP contribution in [-0.2, 0) is 6.54 Å². The van der Waals surface area contributed by atoms with Crippen LogP contribution in [0, 0.1) is 12.8 Å². The number of rotatable bonds is 7. The van der Waals surface area contributed by atoms with Gasteiger partial charge in [-0.05, 0) is 32.2 Å². The van der Waals surface area contributed by atoms with E-state index in [0.717, 1.165) is 37.5 Å². The van der Waals surface area contributed by atoms with E-state index in [1.54, 1.807) is 6.20 Å². The molecule has 1 aromatic heterocycles. The molecule has 1 aliphatic carbocycles. The van der Waals surface area contributed by atoms with Crippen molar-refractivity contribution in [2.75, 3.05) is 13.1 Å². The van der Waals surface area contributed by atoms with Crippen LogP contribution in [0.25, 0.3) is 0 Å². The molecule has 0 aromatic carbocycles. The Morgan fingerprint density at radius 1 is 1.50 bits per heavy atom. The van der Waals surface area contributed by atoms with Gasteiger partial charge in [0, 0.05) is 18.8 Å². The first kappa shape index (κ1) is 15.0. The Hall–Kier alpha value is -1.36. The van der Waals surface area contributed by atoms with Gasteiger partial charge < -0.3 is 11.1 Å². The topological polar surface area (TPSA) is 72.9 Å². The summed E-state index contributed by atoms with van der Waals surface area (Å²) in [4.78, 5) is 12.1. The van der Waals surface area contributed by atoms with Crippen molar-refractivity contribution in [3.8, 4) is 0 Å². The molecule has 2 rings (SSSR count). The predicted molar refractivity (Wildman–Crippen MR) is 79.5 cm³/mol. The van der Waals surface area contributed by atoms with Crippen molar-refractivity contribution >= 4 is 5.91 Å². The van der Waals surface area contributed by atoms with Gasteiger partial charge in [-0.3, -0.25) is 9.48 Å². The number of aryl methyl sites for hydroxylation is 1. The highest BCUT2D eigenvalue weighted by atomic mass is 16.1. The molecular formula is C15H26N4O. The van der Waals surface area contributed by atoms with Crippen LogP contribution < -0.4 is 11.1 Å². The zero-order valence-corrected chi connectivity index (χ0v) is 12.4. The average molecular weight is 278 g/mol. The minimum absolute atomic E-state index is 0.000467. The highest BCUT2D eigenvalue weighted by molar-refractivity contribution is 5.94. The van der Waals surface area contributed by atoms with E-state index in [9.17, 15) is 4.79 Å². The summed E-state index contributed by atoms with van der Waals surface area (Å²) in [6.45, 7) is 4.13. The Labute approximate surface area is 120 Å². The van der Waals surface area contributed by atoms with E-state index in [1.807, 2.05) is 11.6 Å². The van der Waals surface area contributed by atoms with Gasteiger partial charge in [0.15, 0.2) is 0 Å². The van der Waals surface area contributed by atoms with Crippen molar-refractivity contribution in [3.63, 3.8) is 0 Å². The van der Waals surface area contributed by atoms with Crippen LogP contribution in [0.4, 0.5) is 0 Å². The number of aromatic nitrogens is 2. The highest BCUT2D eigenvalue weighted by Crippen LogP contribution is 2.26. The molecule has 1 aromatic rings. The quantitative estimate of drug-likeness (QED) is 0.799. The fourth-order valence-electron chi connectivity index (χ4n) is 2.92. The molecule has 0 radical (unpaired) electrons. The average Bonchev–Trinajstić information content (AvgIpc) is 3.06. The number of nitrogens with zero attached hydrogens (tertiary/aromatic N) is 2. The lowest BCUT2D eigenvalue weighted by Crippen LogP contribution is -2.26. The second kappa shape index (κ2) is 7.43. The van der Waals surface area contributed by atoms with E-state index in [1.165, 1.54) is 25.7 Å². The van der Waals surface area contributed by atoms with E-state index in [-0.39, 0.29) is 5.91 Å². The Morgan fingerprint density at radius 2 is 2.25 bits per heavy atom. The van der Waals surface area contributed by atoms with E-state index >= 15 is 0 Å². The molecular weight excluding hydrogens is 252 g/mol. The lowest BCUT2D eigenvalue weighted by Gasteiger charge is -2.10. The first-order chi connectivity index (χ1) is 9.72. The smallest absolute Gasteiger partial charge is 0.254 e. The summed E-state index contributed by atoms with van der Waals surface area (Å²) < 4.78 is 1.86. The number of nitrogens with two attached hydrogens (primary N) is 1. The summed E-state index contributed by atoms with van der Waals surface area (Å²) in [6.07, 6.45) is 9.00. The first-order valence-corrected chi connectivity index (χ1v) is 7.73. The van der Waals surface area contributed by atoms with Gasteiger partial charge in [0.1, 0.15) is 0 Å². The molecule has 0 unspecified atom stereocenters. The lowest BCUT2D eigenvalue weighted by atomic mass is 10.0. The normalized spacial score (nSPS) is 15.7. The molecule has 1 heterocycles. The molecule has 0 bridgehead atoms. The van der Waals surface area contributed by atoms with Crippen molar-refractivity contribution in [2.24, 2.45) is 11.7 Å². The maximum atomic E-state index is 12.1. The van der Waals surface area contributed by atoms with E-state index in [4.69, 9.17) is 5.73 Å². The van der Waals surface area contributed by atoms with Crippen LogP contribution in [-0.4, -0.2) is 28.8 Å². The second-order valence-corrected chi connectivity index (χ2v) is 5.70. The summed E-state index contributed by atoms with van der Waals surface area (Å²) in [6, 6.07) is 0. The first-order valence-electron chi connectivity index (χ1n) is 7.73. The third kappa shape index (κ3) is 3.82. The monoisotopic (exact) mass is 278 g/mol. The number of amides is 1. The Balaban J connectivity index is 1.80. The maximum absolute atomic E-state index is 12.1. The molecule has 1 aliphatic rings. The minimum Gasteiger partial charge on any atom is -0.352 e. The Bertz CT molecular complexity index is 435. The molecule has 5 nitrogen and oxygen atoms in total. The van der Waals surface area contributed by atoms with Crippen molar-refractivity contribution in [3.05, 3.63) is 17.5 Å². The van der Waals surface area contributed by atoms with Crippen LogP contribution in [0.5, 0.6) is 0 Å². The summed E-state index contributed by atoms with van der Waals surface area (Å²) in [5.74, 6) is 0.808. The summed E-state index contributed by atoms with van der Waals surface area (Å²) in [5.41, 5.74) is 7.11. The lowest BCUT2D eigenvalue weighted by molar-refractivity contribution is 0.0950. The number of nitrogens with one attached hydrogen (secondary N) is 1. The van der Waals surface area contributed by atoms with Gasteiger partial charge in [-0.2, -0.15) is 5.10 Å². The van der Waals surface area contributed by atoms with Crippen molar-refractivity contribution in [2.45, 2.75) is 52.0 Å². The molecule has 0 spiro atoms. The number of hydrogen-bond donors (Lipinski definition) is 2. The zero-order valence-electron chi connectivity index (χ0n) is 12.4. The summed E-state index contributed by atoms with van der Waals surface area (Å²) in [5, 5.41) is 7.28. The molecule has 0 aliphatic heterocycles. The number of carbonyl (C=O) groups is 1. The third-order valence-corrected chi connectivity index (χ3v) is 4.23. The van der Waals surface area contributed by atoms with E-state index < -0.39 is 0 Å². The molecule has 1 amide bonds. The molecule has 112 valence electrons. The fraction of sp³-hybridized carbons (Fsp3) is 0.733. The van der Waals surface area contributed by atoms with Crippen LogP contribution >= 0.6 is 0 Å². The van der Waals surface area contributed by atoms with Crippen LogP contribution in [0.15, 0.2) is 6.20 Å². The summed E-state index contributed by atoms with van der Waals surface area (Å²) in [7, 11) is 0. The van der Waals surface area contributed by atoms with Gasteiger partial charge in [0.05, 0.1) is 11.8 Å². The van der Waals surface area contributed by atoms with Gasteiger partial charge in [0.2, 0.25) is 0 Å². The molecule has 0 saturated heterocycles. The zero-order chi connectivity index (χ0) is 14.4. The maximum Gasteiger partial charge on any atom is 0.254 e. The van der Waals surface area contributed by atoms with Crippen LogP contribution in [0.3, 0.4) is 0 Å². The molecule has 5 heteroatoms. The molecule has 1 saturated carbocycles. The highest BCUT2D eigenvalue weighted by Gasteiger charge is 2.16. The Morgan fingerprint density at radius 3 is 2.95 bits per heavy atom. The largest absolute Gasteiger partial charge is 0.352 e. The molecule has 20 heavy (non-hydrogen) atoms. The molecule has 3 N–H and O–H groups in total. The van der Waals surface area contributed by atoms with Crippen molar-refractivity contribution < 1.29 is 4.79 Å². The SMILES string of the molecule is Cc1c(C(=O)NCCC2CCCC2)cnn1CCCN. The predicted octanol–water partition coefficient (Wildman–Crippen LogP) is 1.85. The van der Waals surface area contributed by atoms with Crippen LogP contribution in [0.1, 0.15) is 54.6 Å². The fourth-order valence-corrected chi connectivity index (χ4v) is 2.92. The standard InChI is InChI=1S/C15H26N4O/c1-12-14(11-18-19(12)10-4-8-16)15(20)17-9-7-13-5-2-3-6-13/h11,13H,2-10,16H2,1H3,(H,17,20). The van der Waals surface area contributed by atoms with Crippen LogP contribution in [0.2, 0.25) is 0 Å². The Kier molecular flexibility index (Phi) is 5.59. The van der Waals surface area contributed by atoms with Gasteiger partial charge in [0.25, 0.3) is 5.91 Å². The second-order valence-electron chi connectivity index (χ2n) is 5.70. The van der Waals surface area contributed by atoms with Gasteiger partial charge in [-0.15, -0.1) is 0 Å². The number of carbonyl (C=O) groups excluding carboxylic acids is 1. The van der Waals surface area contributed by atoms with Crippen molar-refractivity contribution in [1.82, 2.24) is 15.1 Å². The van der Waals surface area contributed by atoms with Gasteiger partial charge >= 0.3 is 0 Å². The summed E-state index contributed by atoms with van der Waals surface area (Å²) >= 11 is 0. The van der Waals surface area contributed by atoms with E-state index in [2.05, 4.69) is 10.4 Å².